The molecule has 4 aromatic rings. The van der Waals surface area contributed by atoms with Crippen LogP contribution in [0.25, 0.3) is 27.7 Å². The number of carboxylic acids is 1. The molecule has 5 rings (SSSR count). The maximum absolute atomic E-state index is 15.3. The Morgan fingerprint density at radius 1 is 0.941 bits per heavy atom. The van der Waals surface area contributed by atoms with E-state index in [4.69, 9.17) is 4.74 Å². The van der Waals surface area contributed by atoms with Gasteiger partial charge in [0, 0.05) is 47.7 Å². The first kappa shape index (κ1) is 22.0. The number of carboxylic acid groups (broad SMARTS) is 1. The van der Waals surface area contributed by atoms with Gasteiger partial charge in [-0.15, -0.1) is 0 Å². The molecule has 1 aliphatic rings. The van der Waals surface area contributed by atoms with Crippen LogP contribution in [-0.2, 0) is 4.74 Å². The molecule has 34 heavy (non-hydrogen) atoms. The highest BCUT2D eigenvalue weighted by Gasteiger charge is 2.30. The van der Waals surface area contributed by atoms with E-state index in [2.05, 4.69) is 0 Å². The van der Waals surface area contributed by atoms with Crippen LogP contribution in [0, 0.1) is 17.5 Å². The lowest BCUT2D eigenvalue weighted by atomic mass is 9.89. The second-order valence-corrected chi connectivity index (χ2v) is 8.28. The second kappa shape index (κ2) is 8.53. The van der Waals surface area contributed by atoms with Crippen molar-refractivity contribution in [3.8, 4) is 22.6 Å². The van der Waals surface area contributed by atoms with Crippen LogP contribution in [0.4, 0.5) is 13.2 Å². The van der Waals surface area contributed by atoms with Gasteiger partial charge in [-0.3, -0.25) is 0 Å². The van der Waals surface area contributed by atoms with Crippen molar-refractivity contribution in [2.75, 3.05) is 13.2 Å². The van der Waals surface area contributed by atoms with Gasteiger partial charge in [-0.25, -0.2) is 18.0 Å². The fraction of sp³-hybridized carbons (Fsp3) is 0.192. The van der Waals surface area contributed by atoms with Crippen LogP contribution in [0.5, 0.6) is 5.75 Å². The van der Waals surface area contributed by atoms with E-state index in [0.29, 0.717) is 48.5 Å². The minimum Gasteiger partial charge on any atom is -0.507 e. The molecule has 1 aromatic heterocycles. The lowest BCUT2D eigenvalue weighted by Gasteiger charge is -2.26. The Morgan fingerprint density at radius 3 is 2.29 bits per heavy atom. The van der Waals surface area contributed by atoms with Crippen LogP contribution in [0.2, 0.25) is 0 Å². The van der Waals surface area contributed by atoms with Gasteiger partial charge in [0.05, 0.1) is 16.5 Å². The third-order valence-electron chi connectivity index (χ3n) is 6.23. The summed E-state index contributed by atoms with van der Waals surface area (Å²) >= 11 is 0. The van der Waals surface area contributed by atoms with Crippen molar-refractivity contribution in [2.45, 2.75) is 18.8 Å². The smallest absolute Gasteiger partial charge is 0.335 e. The van der Waals surface area contributed by atoms with Crippen LogP contribution in [0.15, 0.2) is 54.6 Å². The molecule has 1 fully saturated rings. The third-order valence-corrected chi connectivity index (χ3v) is 6.23. The predicted octanol–water partition coefficient (Wildman–Crippen LogP) is 6.01. The molecule has 3 aromatic carbocycles. The van der Waals surface area contributed by atoms with E-state index in [1.807, 2.05) is 0 Å². The average molecular weight is 467 g/mol. The number of ether oxygens (including phenoxy) is 1. The van der Waals surface area contributed by atoms with Crippen molar-refractivity contribution in [3.05, 3.63) is 83.3 Å². The fourth-order valence-electron chi connectivity index (χ4n) is 4.73. The molecule has 0 saturated carbocycles. The lowest BCUT2D eigenvalue weighted by molar-refractivity contribution is 0.0696. The molecule has 0 radical (unpaired) electrons. The topological polar surface area (TPSA) is 71.7 Å². The summed E-state index contributed by atoms with van der Waals surface area (Å²) in [6.45, 7) is 0.936. The standard InChI is InChI=1S/C26H20F3NO4/c27-16-2-4-18(5-3-16)30-21-12-17(28)13-22(31)24(21)23(25(30)14-7-9-34-10-8-14)19-6-1-15(26(32)33)11-20(19)29/h1-6,11-14,31H,7-10H2,(H,32,33). The van der Waals surface area contributed by atoms with E-state index in [9.17, 15) is 23.8 Å². The van der Waals surface area contributed by atoms with Crippen molar-refractivity contribution in [2.24, 2.45) is 0 Å². The number of aromatic nitrogens is 1. The van der Waals surface area contributed by atoms with Gasteiger partial charge < -0.3 is 19.5 Å². The Labute approximate surface area is 192 Å². The summed E-state index contributed by atoms with van der Waals surface area (Å²) in [7, 11) is 0. The molecular formula is C26H20F3NO4. The molecule has 0 spiro atoms. The van der Waals surface area contributed by atoms with E-state index in [0.717, 1.165) is 12.1 Å². The molecule has 0 amide bonds. The molecule has 2 N–H and O–H groups in total. The zero-order valence-corrected chi connectivity index (χ0v) is 17.9. The number of phenols is 1. The Hall–Kier alpha value is -3.78. The molecule has 2 heterocycles. The third kappa shape index (κ3) is 3.70. The molecule has 174 valence electrons. The van der Waals surface area contributed by atoms with Gasteiger partial charge in [0.25, 0.3) is 0 Å². The highest BCUT2D eigenvalue weighted by molar-refractivity contribution is 6.04. The number of phenolic OH excluding ortho intramolecular Hbond substituents is 1. The summed E-state index contributed by atoms with van der Waals surface area (Å²) in [6, 6.07) is 11.4. The number of rotatable bonds is 4. The maximum Gasteiger partial charge on any atom is 0.335 e. The number of aromatic carboxylic acids is 1. The van der Waals surface area contributed by atoms with Gasteiger partial charge in [0.15, 0.2) is 0 Å². The molecule has 5 nitrogen and oxygen atoms in total. The largest absolute Gasteiger partial charge is 0.507 e. The molecular weight excluding hydrogens is 447 g/mol. The normalized spacial score (nSPS) is 14.6. The minimum absolute atomic E-state index is 0.0826. The molecule has 1 aliphatic heterocycles. The molecule has 1 saturated heterocycles. The van der Waals surface area contributed by atoms with Crippen LogP contribution >= 0.6 is 0 Å². The van der Waals surface area contributed by atoms with Crippen molar-refractivity contribution in [1.29, 1.82) is 0 Å². The van der Waals surface area contributed by atoms with Gasteiger partial charge in [0.2, 0.25) is 0 Å². The van der Waals surface area contributed by atoms with Crippen molar-refractivity contribution in [1.82, 2.24) is 4.57 Å². The first-order chi connectivity index (χ1) is 16.3. The van der Waals surface area contributed by atoms with E-state index in [1.165, 1.54) is 42.5 Å². The summed E-state index contributed by atoms with van der Waals surface area (Å²) in [4.78, 5) is 11.3. The van der Waals surface area contributed by atoms with Crippen LogP contribution in [0.3, 0.4) is 0 Å². The quantitative estimate of drug-likeness (QED) is 0.386. The summed E-state index contributed by atoms with van der Waals surface area (Å²) in [5.74, 6) is -3.69. The highest BCUT2D eigenvalue weighted by Crippen LogP contribution is 2.47. The number of halogens is 3. The number of hydrogen-bond donors (Lipinski definition) is 2. The number of benzene rings is 3. The monoisotopic (exact) mass is 467 g/mol. The minimum atomic E-state index is -1.27. The summed E-state index contributed by atoms with van der Waals surface area (Å²) < 4.78 is 50.7. The number of hydrogen-bond acceptors (Lipinski definition) is 3. The number of carbonyl (C=O) groups is 1. The summed E-state index contributed by atoms with van der Waals surface area (Å²) in [5, 5.41) is 20.3. The van der Waals surface area contributed by atoms with Gasteiger partial charge in [-0.05, 0) is 55.3 Å². The SMILES string of the molecule is O=C(O)c1ccc(-c2c(C3CCOCC3)n(-c3ccc(F)cc3)c3cc(F)cc(O)c23)c(F)c1. The zero-order chi connectivity index (χ0) is 24.0. The fourth-order valence-corrected chi connectivity index (χ4v) is 4.73. The lowest BCUT2D eigenvalue weighted by Crippen LogP contribution is -2.17. The Bertz CT molecular complexity index is 1410. The van der Waals surface area contributed by atoms with Crippen LogP contribution in [-0.4, -0.2) is 34.0 Å². The molecule has 0 unspecified atom stereocenters. The highest BCUT2D eigenvalue weighted by atomic mass is 19.1. The van der Waals surface area contributed by atoms with E-state index in [1.54, 1.807) is 4.57 Å². The Balaban J connectivity index is 1.91. The average Bonchev–Trinajstić information content (AvgIpc) is 3.15. The maximum atomic E-state index is 15.3. The van der Waals surface area contributed by atoms with Gasteiger partial charge in [-0.1, -0.05) is 6.07 Å². The van der Waals surface area contributed by atoms with E-state index >= 15 is 4.39 Å². The van der Waals surface area contributed by atoms with Crippen molar-refractivity contribution in [3.63, 3.8) is 0 Å². The summed E-state index contributed by atoms with van der Waals surface area (Å²) in [6.07, 6.45) is 1.20. The Kier molecular flexibility index (Phi) is 5.53. The van der Waals surface area contributed by atoms with E-state index in [-0.39, 0.29) is 28.2 Å². The van der Waals surface area contributed by atoms with Crippen LogP contribution < -0.4 is 0 Å². The number of aromatic hydroxyl groups is 1. The van der Waals surface area contributed by atoms with Gasteiger partial charge in [0.1, 0.15) is 23.2 Å². The first-order valence-electron chi connectivity index (χ1n) is 10.8. The van der Waals surface area contributed by atoms with Gasteiger partial charge >= 0.3 is 5.97 Å². The summed E-state index contributed by atoms with van der Waals surface area (Å²) in [5.41, 5.74) is 1.64. The number of fused-ring (bicyclic) bond motifs is 1. The van der Waals surface area contributed by atoms with Crippen LogP contribution in [0.1, 0.15) is 34.8 Å². The number of nitrogens with zero attached hydrogens (tertiary/aromatic N) is 1. The molecule has 0 aliphatic carbocycles. The molecule has 8 heteroatoms. The molecule has 0 bridgehead atoms. The van der Waals surface area contributed by atoms with Crippen molar-refractivity contribution < 1.29 is 32.9 Å². The molecule has 0 atom stereocenters. The predicted molar refractivity (Wildman–Crippen MR) is 120 cm³/mol. The van der Waals surface area contributed by atoms with Crippen molar-refractivity contribution >= 4 is 16.9 Å². The van der Waals surface area contributed by atoms with E-state index < -0.39 is 23.4 Å². The Morgan fingerprint density at radius 2 is 1.65 bits per heavy atom. The van der Waals surface area contributed by atoms with Gasteiger partial charge in [-0.2, -0.15) is 0 Å². The zero-order valence-electron chi connectivity index (χ0n) is 17.9. The first-order valence-corrected chi connectivity index (χ1v) is 10.8. The second-order valence-electron chi connectivity index (χ2n) is 8.28.